The van der Waals surface area contributed by atoms with E-state index in [2.05, 4.69) is 33.8 Å². The zero-order chi connectivity index (χ0) is 23.7. The summed E-state index contributed by atoms with van der Waals surface area (Å²) in [6.07, 6.45) is 29.5. The van der Waals surface area contributed by atoms with Crippen molar-refractivity contribution in [2.75, 3.05) is 6.61 Å². The smallest absolute Gasteiger partial charge is 0.305 e. The van der Waals surface area contributed by atoms with E-state index in [9.17, 15) is 4.79 Å². The van der Waals surface area contributed by atoms with Crippen LogP contribution in [0.1, 0.15) is 163 Å². The van der Waals surface area contributed by atoms with Crippen LogP contribution in [0, 0.1) is 5.92 Å². The van der Waals surface area contributed by atoms with Gasteiger partial charge in [-0.2, -0.15) is 0 Å². The molecular formula is C30H58O2. The second-order valence-electron chi connectivity index (χ2n) is 10.4. The van der Waals surface area contributed by atoms with E-state index in [1.807, 2.05) is 0 Å². The molecule has 2 nitrogen and oxygen atoms in total. The van der Waals surface area contributed by atoms with Gasteiger partial charge >= 0.3 is 5.97 Å². The van der Waals surface area contributed by atoms with Gasteiger partial charge in [-0.15, -0.1) is 0 Å². The van der Waals surface area contributed by atoms with Crippen molar-refractivity contribution in [1.82, 2.24) is 0 Å². The lowest BCUT2D eigenvalue weighted by Gasteiger charge is -2.10. The van der Waals surface area contributed by atoms with Crippen molar-refractivity contribution in [2.24, 2.45) is 5.92 Å². The van der Waals surface area contributed by atoms with Gasteiger partial charge in [0.05, 0.1) is 6.61 Å². The molecule has 0 aromatic rings. The maximum Gasteiger partial charge on any atom is 0.305 e. The van der Waals surface area contributed by atoms with E-state index in [1.165, 1.54) is 115 Å². The highest BCUT2D eigenvalue weighted by Crippen LogP contribution is 2.15. The Morgan fingerprint density at radius 2 is 1.12 bits per heavy atom. The molecule has 0 heterocycles. The van der Waals surface area contributed by atoms with Crippen molar-refractivity contribution >= 4 is 5.97 Å². The van der Waals surface area contributed by atoms with E-state index in [-0.39, 0.29) is 5.97 Å². The van der Waals surface area contributed by atoms with Gasteiger partial charge in [-0.25, -0.2) is 0 Å². The molecule has 1 atom stereocenters. The van der Waals surface area contributed by atoms with Gasteiger partial charge < -0.3 is 4.74 Å². The van der Waals surface area contributed by atoms with Gasteiger partial charge in [0.2, 0.25) is 0 Å². The highest BCUT2D eigenvalue weighted by molar-refractivity contribution is 5.69. The topological polar surface area (TPSA) is 26.3 Å². The first kappa shape index (κ1) is 31.2. The number of carbonyl (C=O) groups excluding carboxylic acids is 1. The largest absolute Gasteiger partial charge is 0.466 e. The molecule has 0 aliphatic rings. The lowest BCUT2D eigenvalue weighted by atomic mass is 10.0. The molecule has 0 aliphatic heterocycles. The molecule has 0 spiro atoms. The molecule has 0 aliphatic carbocycles. The molecule has 1 unspecified atom stereocenters. The van der Waals surface area contributed by atoms with Crippen molar-refractivity contribution in [3.8, 4) is 0 Å². The predicted octanol–water partition coefficient (Wildman–Crippen LogP) is 10.3. The number of unbranched alkanes of at least 4 members (excludes halogenated alkanes) is 16. The Bertz CT molecular complexity index is 423. The molecule has 0 saturated carbocycles. The predicted molar refractivity (Wildman–Crippen MR) is 142 cm³/mol. The zero-order valence-electron chi connectivity index (χ0n) is 22.5. The Kier molecular flexibility index (Phi) is 24.2. The Labute approximate surface area is 202 Å². The molecule has 0 aromatic heterocycles. The monoisotopic (exact) mass is 450 g/mol. The molecule has 0 fully saturated rings. The number of esters is 1. The molecule has 0 radical (unpaired) electrons. The first-order chi connectivity index (χ1) is 15.6. The van der Waals surface area contributed by atoms with Crippen molar-refractivity contribution in [2.45, 2.75) is 163 Å². The fourth-order valence-electron chi connectivity index (χ4n) is 4.24. The van der Waals surface area contributed by atoms with Gasteiger partial charge in [0.1, 0.15) is 0 Å². The maximum absolute atomic E-state index is 11.9. The van der Waals surface area contributed by atoms with Crippen molar-refractivity contribution < 1.29 is 9.53 Å². The normalized spacial score (nSPS) is 12.0. The first-order valence-electron chi connectivity index (χ1n) is 14.3. The summed E-state index contributed by atoms with van der Waals surface area (Å²) < 4.78 is 5.41. The second kappa shape index (κ2) is 24.8. The minimum absolute atomic E-state index is 0.00228. The van der Waals surface area contributed by atoms with E-state index in [0.29, 0.717) is 18.9 Å². The molecule has 0 amide bonds. The lowest BCUT2D eigenvalue weighted by molar-refractivity contribution is -0.144. The minimum Gasteiger partial charge on any atom is -0.466 e. The summed E-state index contributed by atoms with van der Waals surface area (Å²) in [6.45, 7) is 9.42. The number of hydrogen-bond acceptors (Lipinski definition) is 2. The molecule has 32 heavy (non-hydrogen) atoms. The van der Waals surface area contributed by atoms with Gasteiger partial charge in [-0.05, 0) is 45.4 Å². The van der Waals surface area contributed by atoms with Crippen LogP contribution in [0.2, 0.25) is 0 Å². The Balaban J connectivity index is 3.25. The summed E-state index contributed by atoms with van der Waals surface area (Å²) >= 11 is 0. The van der Waals surface area contributed by atoms with Crippen LogP contribution in [-0.4, -0.2) is 12.6 Å². The third kappa shape index (κ3) is 25.5. The Morgan fingerprint density at radius 1 is 0.688 bits per heavy atom. The summed E-state index contributed by atoms with van der Waals surface area (Å²) in [5.74, 6) is 0.626. The van der Waals surface area contributed by atoms with Crippen LogP contribution in [0.15, 0.2) is 11.6 Å². The summed E-state index contributed by atoms with van der Waals surface area (Å²) in [4.78, 5) is 11.9. The number of hydrogen-bond donors (Lipinski definition) is 0. The van der Waals surface area contributed by atoms with E-state index >= 15 is 0 Å². The van der Waals surface area contributed by atoms with E-state index < -0.39 is 0 Å². The van der Waals surface area contributed by atoms with Gasteiger partial charge in [0, 0.05) is 6.42 Å². The standard InChI is InChI=1S/C30H58O2/c1-5-6-7-8-9-10-11-12-13-14-15-16-17-18-19-20-21-25-30(31)32-27-26-29(4)24-22-23-28(2)3/h23,29H,5-22,24-27H2,1-4H3. The fourth-order valence-corrected chi connectivity index (χ4v) is 4.24. The molecule has 0 rings (SSSR count). The quantitative estimate of drug-likeness (QED) is 0.0830. The molecule has 0 bridgehead atoms. The van der Waals surface area contributed by atoms with Crippen molar-refractivity contribution in [3.63, 3.8) is 0 Å². The van der Waals surface area contributed by atoms with Gasteiger partial charge in [-0.1, -0.05) is 128 Å². The van der Waals surface area contributed by atoms with Crippen LogP contribution < -0.4 is 0 Å². The number of rotatable bonds is 24. The van der Waals surface area contributed by atoms with Crippen LogP contribution in [0.3, 0.4) is 0 Å². The second-order valence-corrected chi connectivity index (χ2v) is 10.4. The van der Waals surface area contributed by atoms with Crippen LogP contribution >= 0.6 is 0 Å². The molecule has 190 valence electrons. The van der Waals surface area contributed by atoms with Crippen LogP contribution in [-0.2, 0) is 9.53 Å². The van der Waals surface area contributed by atoms with E-state index in [1.54, 1.807) is 0 Å². The first-order valence-corrected chi connectivity index (χ1v) is 14.3. The van der Waals surface area contributed by atoms with Crippen molar-refractivity contribution in [3.05, 3.63) is 11.6 Å². The molecule has 0 saturated heterocycles. The SMILES string of the molecule is CCCCCCCCCCCCCCCCCCCC(=O)OCCC(C)CCC=C(C)C. The summed E-state index contributed by atoms with van der Waals surface area (Å²) in [6, 6.07) is 0. The lowest BCUT2D eigenvalue weighted by Crippen LogP contribution is -2.08. The van der Waals surface area contributed by atoms with Crippen LogP contribution in [0.5, 0.6) is 0 Å². The highest BCUT2D eigenvalue weighted by Gasteiger charge is 2.06. The molecular weight excluding hydrogens is 392 g/mol. The van der Waals surface area contributed by atoms with Gasteiger partial charge in [-0.3, -0.25) is 4.79 Å². The summed E-state index contributed by atoms with van der Waals surface area (Å²) in [5, 5.41) is 0. The highest BCUT2D eigenvalue weighted by atomic mass is 16.5. The van der Waals surface area contributed by atoms with E-state index in [4.69, 9.17) is 4.74 Å². The average molecular weight is 451 g/mol. The Hall–Kier alpha value is -0.790. The van der Waals surface area contributed by atoms with Crippen molar-refractivity contribution in [1.29, 1.82) is 0 Å². The molecule has 0 aromatic carbocycles. The van der Waals surface area contributed by atoms with Gasteiger partial charge in [0.25, 0.3) is 0 Å². The maximum atomic E-state index is 11.9. The number of carbonyl (C=O) groups is 1. The van der Waals surface area contributed by atoms with Crippen LogP contribution in [0.25, 0.3) is 0 Å². The third-order valence-corrected chi connectivity index (χ3v) is 6.57. The zero-order valence-corrected chi connectivity index (χ0v) is 22.5. The molecule has 2 heteroatoms. The minimum atomic E-state index is 0.00228. The Morgan fingerprint density at radius 3 is 1.56 bits per heavy atom. The van der Waals surface area contributed by atoms with Gasteiger partial charge in [0.15, 0.2) is 0 Å². The van der Waals surface area contributed by atoms with E-state index in [0.717, 1.165) is 19.3 Å². The third-order valence-electron chi connectivity index (χ3n) is 6.57. The molecule has 0 N–H and O–H groups in total. The van der Waals surface area contributed by atoms with Crippen LogP contribution in [0.4, 0.5) is 0 Å². The summed E-state index contributed by atoms with van der Waals surface area (Å²) in [7, 11) is 0. The fraction of sp³-hybridized carbons (Fsp3) is 0.900. The average Bonchev–Trinajstić information content (AvgIpc) is 2.75. The number of ether oxygens (including phenoxy) is 1. The summed E-state index contributed by atoms with van der Waals surface area (Å²) in [5.41, 5.74) is 1.39. The number of allylic oxidation sites excluding steroid dienone is 2.